The largest absolute Gasteiger partial charge is 0.385 e. The smallest absolute Gasteiger partial charge is 0.230 e. The molecule has 0 heterocycles. The summed E-state index contributed by atoms with van der Waals surface area (Å²) in [5, 5.41) is 3.77. The quantitative estimate of drug-likeness (QED) is 0.818. The monoisotopic (exact) mass is 295 g/mol. The highest BCUT2D eigenvalue weighted by Gasteiger charge is 2.42. The first kappa shape index (κ1) is 15.3. The van der Waals surface area contributed by atoms with Crippen LogP contribution in [-0.4, -0.2) is 26.2 Å². The molecule has 3 nitrogen and oxygen atoms in total. The third-order valence-corrected chi connectivity index (χ3v) is 4.35. The van der Waals surface area contributed by atoms with Crippen molar-refractivity contribution in [2.24, 2.45) is 0 Å². The van der Waals surface area contributed by atoms with E-state index in [1.165, 1.54) is 0 Å². The summed E-state index contributed by atoms with van der Waals surface area (Å²) in [7, 11) is 1.67. The minimum absolute atomic E-state index is 0.147. The first-order valence-electron chi connectivity index (χ1n) is 7.22. The van der Waals surface area contributed by atoms with Gasteiger partial charge in [-0.1, -0.05) is 36.6 Å². The molecular formula is C16H22ClNO2. The van der Waals surface area contributed by atoms with Crippen LogP contribution >= 0.6 is 11.6 Å². The highest BCUT2D eigenvalue weighted by molar-refractivity contribution is 6.30. The molecule has 2 rings (SSSR count). The van der Waals surface area contributed by atoms with Gasteiger partial charge in [0.2, 0.25) is 5.91 Å². The molecule has 0 aliphatic heterocycles. The Hall–Kier alpha value is -1.06. The molecule has 0 unspecified atom stereocenters. The summed E-state index contributed by atoms with van der Waals surface area (Å²) in [6.07, 6.45) is 4.90. The number of carbonyl (C=O) groups is 1. The minimum atomic E-state index is -0.363. The maximum Gasteiger partial charge on any atom is 0.230 e. The molecule has 0 atom stereocenters. The number of ether oxygens (including phenoxy) is 1. The Morgan fingerprint density at radius 3 is 2.55 bits per heavy atom. The molecule has 110 valence electrons. The highest BCUT2D eigenvalue weighted by atomic mass is 35.5. The van der Waals surface area contributed by atoms with E-state index >= 15 is 0 Å². The Morgan fingerprint density at radius 2 is 1.95 bits per heavy atom. The Kier molecular flexibility index (Phi) is 5.44. The topological polar surface area (TPSA) is 38.3 Å². The van der Waals surface area contributed by atoms with Gasteiger partial charge in [-0.05, 0) is 37.0 Å². The molecule has 0 saturated heterocycles. The lowest BCUT2D eigenvalue weighted by atomic mass is 9.78. The van der Waals surface area contributed by atoms with Crippen LogP contribution in [0.3, 0.4) is 0 Å². The van der Waals surface area contributed by atoms with E-state index in [9.17, 15) is 4.79 Å². The predicted octanol–water partition coefficient (Wildman–Crippen LogP) is 3.30. The van der Waals surface area contributed by atoms with Gasteiger partial charge in [-0.15, -0.1) is 0 Å². The van der Waals surface area contributed by atoms with E-state index in [0.717, 1.165) is 37.7 Å². The lowest BCUT2D eigenvalue weighted by Gasteiger charge is -2.28. The standard InChI is InChI=1S/C16H22ClNO2/c1-20-12-4-11-18-15(19)16(9-2-3-10-16)13-5-7-14(17)8-6-13/h5-8H,2-4,9-12H2,1H3,(H,18,19). The van der Waals surface area contributed by atoms with Gasteiger partial charge >= 0.3 is 0 Å². The van der Waals surface area contributed by atoms with E-state index in [1.54, 1.807) is 7.11 Å². The number of rotatable bonds is 6. The Morgan fingerprint density at radius 1 is 1.30 bits per heavy atom. The van der Waals surface area contributed by atoms with Gasteiger partial charge in [0.15, 0.2) is 0 Å². The molecular weight excluding hydrogens is 274 g/mol. The molecule has 1 saturated carbocycles. The number of hydrogen-bond acceptors (Lipinski definition) is 2. The molecule has 1 aromatic carbocycles. The number of amides is 1. The summed E-state index contributed by atoms with van der Waals surface area (Å²) in [6, 6.07) is 7.72. The molecule has 1 amide bonds. The van der Waals surface area contributed by atoms with Crippen molar-refractivity contribution in [3.8, 4) is 0 Å². The third kappa shape index (κ3) is 3.33. The van der Waals surface area contributed by atoms with E-state index in [1.807, 2.05) is 24.3 Å². The van der Waals surface area contributed by atoms with Gasteiger partial charge in [-0.3, -0.25) is 4.79 Å². The minimum Gasteiger partial charge on any atom is -0.385 e. The Bertz CT molecular complexity index is 438. The lowest BCUT2D eigenvalue weighted by Crippen LogP contribution is -2.43. The summed E-state index contributed by atoms with van der Waals surface area (Å²) in [6.45, 7) is 1.34. The molecule has 1 aliphatic rings. The second-order valence-electron chi connectivity index (χ2n) is 5.40. The molecule has 0 aromatic heterocycles. The fraction of sp³-hybridized carbons (Fsp3) is 0.562. The van der Waals surface area contributed by atoms with Crippen molar-refractivity contribution < 1.29 is 9.53 Å². The molecule has 0 radical (unpaired) electrons. The maximum absolute atomic E-state index is 12.6. The summed E-state index contributed by atoms with van der Waals surface area (Å²) < 4.78 is 5.01. The van der Waals surface area contributed by atoms with E-state index in [-0.39, 0.29) is 11.3 Å². The molecule has 1 fully saturated rings. The van der Waals surface area contributed by atoms with Crippen molar-refractivity contribution >= 4 is 17.5 Å². The fourth-order valence-corrected chi connectivity index (χ4v) is 3.11. The van der Waals surface area contributed by atoms with E-state index in [0.29, 0.717) is 18.2 Å². The Balaban J connectivity index is 2.09. The molecule has 20 heavy (non-hydrogen) atoms. The number of hydrogen-bond donors (Lipinski definition) is 1. The van der Waals surface area contributed by atoms with Gasteiger partial charge in [-0.2, -0.15) is 0 Å². The van der Waals surface area contributed by atoms with Gasteiger partial charge in [0.25, 0.3) is 0 Å². The first-order chi connectivity index (χ1) is 9.69. The van der Waals surface area contributed by atoms with Crippen molar-refractivity contribution in [3.63, 3.8) is 0 Å². The number of methoxy groups -OCH3 is 1. The van der Waals surface area contributed by atoms with E-state index in [4.69, 9.17) is 16.3 Å². The lowest BCUT2D eigenvalue weighted by molar-refractivity contribution is -0.126. The van der Waals surface area contributed by atoms with Crippen LogP contribution in [0.5, 0.6) is 0 Å². The Labute approximate surface area is 125 Å². The van der Waals surface area contributed by atoms with Crippen LogP contribution < -0.4 is 5.32 Å². The van der Waals surface area contributed by atoms with Crippen LogP contribution in [0.1, 0.15) is 37.7 Å². The zero-order chi connectivity index (χ0) is 14.4. The van der Waals surface area contributed by atoms with E-state index < -0.39 is 0 Å². The molecule has 1 aromatic rings. The number of halogens is 1. The summed E-state index contributed by atoms with van der Waals surface area (Å²) in [4.78, 5) is 12.6. The van der Waals surface area contributed by atoms with Crippen LogP contribution in [0.4, 0.5) is 0 Å². The van der Waals surface area contributed by atoms with Gasteiger partial charge in [0, 0.05) is 25.3 Å². The van der Waals surface area contributed by atoms with Crippen molar-refractivity contribution in [1.82, 2.24) is 5.32 Å². The molecule has 4 heteroatoms. The zero-order valence-electron chi connectivity index (χ0n) is 12.0. The second-order valence-corrected chi connectivity index (χ2v) is 5.83. The van der Waals surface area contributed by atoms with Crippen molar-refractivity contribution in [1.29, 1.82) is 0 Å². The maximum atomic E-state index is 12.6. The van der Waals surface area contributed by atoms with Crippen molar-refractivity contribution in [2.75, 3.05) is 20.3 Å². The van der Waals surface area contributed by atoms with Crippen LogP contribution in [0, 0.1) is 0 Å². The van der Waals surface area contributed by atoms with Gasteiger partial charge < -0.3 is 10.1 Å². The van der Waals surface area contributed by atoms with Crippen molar-refractivity contribution in [2.45, 2.75) is 37.5 Å². The van der Waals surface area contributed by atoms with Crippen molar-refractivity contribution in [3.05, 3.63) is 34.9 Å². The van der Waals surface area contributed by atoms with Gasteiger partial charge in [-0.25, -0.2) is 0 Å². The number of benzene rings is 1. The predicted molar refractivity (Wildman–Crippen MR) is 81.1 cm³/mol. The van der Waals surface area contributed by atoms with Gasteiger partial charge in [0.05, 0.1) is 5.41 Å². The SMILES string of the molecule is COCCCNC(=O)C1(c2ccc(Cl)cc2)CCCC1. The number of carbonyl (C=O) groups excluding carboxylic acids is 1. The molecule has 0 spiro atoms. The first-order valence-corrected chi connectivity index (χ1v) is 7.60. The summed E-state index contributed by atoms with van der Waals surface area (Å²) in [5.74, 6) is 0.147. The zero-order valence-corrected chi connectivity index (χ0v) is 12.7. The second kappa shape index (κ2) is 7.09. The summed E-state index contributed by atoms with van der Waals surface area (Å²) >= 11 is 5.95. The summed E-state index contributed by atoms with van der Waals surface area (Å²) in [5.41, 5.74) is 0.723. The van der Waals surface area contributed by atoms with Crippen LogP contribution in [0.25, 0.3) is 0 Å². The average molecular weight is 296 g/mol. The number of nitrogens with one attached hydrogen (secondary N) is 1. The highest BCUT2D eigenvalue weighted by Crippen LogP contribution is 2.41. The normalized spacial score (nSPS) is 17.1. The molecule has 1 aliphatic carbocycles. The molecule has 0 bridgehead atoms. The van der Waals surface area contributed by atoms with Crippen LogP contribution in [0.15, 0.2) is 24.3 Å². The third-order valence-electron chi connectivity index (χ3n) is 4.10. The molecule has 1 N–H and O–H groups in total. The van der Waals surface area contributed by atoms with Crippen LogP contribution in [-0.2, 0) is 14.9 Å². The fourth-order valence-electron chi connectivity index (χ4n) is 2.98. The van der Waals surface area contributed by atoms with E-state index in [2.05, 4.69) is 5.32 Å². The van der Waals surface area contributed by atoms with Gasteiger partial charge in [0.1, 0.15) is 0 Å². The van der Waals surface area contributed by atoms with Crippen LogP contribution in [0.2, 0.25) is 5.02 Å². The average Bonchev–Trinajstić information content (AvgIpc) is 2.95.